The van der Waals surface area contributed by atoms with Crippen LogP contribution < -0.4 is 9.47 Å². The molecule has 1 saturated carbocycles. The van der Waals surface area contributed by atoms with Gasteiger partial charge in [-0.2, -0.15) is 5.10 Å². The Bertz CT molecular complexity index is 1050. The predicted molar refractivity (Wildman–Crippen MR) is 114 cm³/mol. The van der Waals surface area contributed by atoms with E-state index in [2.05, 4.69) is 27.2 Å². The van der Waals surface area contributed by atoms with E-state index in [0.29, 0.717) is 5.69 Å². The summed E-state index contributed by atoms with van der Waals surface area (Å²) in [7, 11) is 3.31. The quantitative estimate of drug-likeness (QED) is 0.677. The van der Waals surface area contributed by atoms with Crippen LogP contribution in [-0.4, -0.2) is 41.3 Å². The number of carbonyl (C=O) groups is 1. The Labute approximate surface area is 175 Å². The number of amides is 1. The smallest absolute Gasteiger partial charge is 0.273 e. The monoisotopic (exact) mass is 403 g/mol. The molecule has 2 heterocycles. The Hall–Kier alpha value is -3.28. The van der Waals surface area contributed by atoms with Gasteiger partial charge in [0.25, 0.3) is 5.91 Å². The van der Waals surface area contributed by atoms with Crippen molar-refractivity contribution in [2.45, 2.75) is 37.8 Å². The number of aromatic amines is 1. The summed E-state index contributed by atoms with van der Waals surface area (Å²) in [5.74, 6) is 1.64. The molecule has 1 fully saturated rings. The summed E-state index contributed by atoms with van der Waals surface area (Å²) in [6.07, 6.45) is 4.44. The lowest BCUT2D eigenvalue weighted by Crippen LogP contribution is -2.37. The second-order valence-electron chi connectivity index (χ2n) is 7.92. The van der Waals surface area contributed by atoms with Gasteiger partial charge in [0, 0.05) is 17.2 Å². The summed E-state index contributed by atoms with van der Waals surface area (Å²) >= 11 is 0. The average Bonchev–Trinajstić information content (AvgIpc) is 3.52. The Kier molecular flexibility index (Phi) is 4.69. The maximum atomic E-state index is 13.4. The molecule has 0 radical (unpaired) electrons. The molecular formula is C24H25N3O3. The van der Waals surface area contributed by atoms with Gasteiger partial charge in [0.05, 0.1) is 26.0 Å². The zero-order valence-electron chi connectivity index (χ0n) is 17.2. The van der Waals surface area contributed by atoms with Gasteiger partial charge in [-0.1, -0.05) is 25.0 Å². The molecule has 1 amide bonds. The molecule has 6 heteroatoms. The van der Waals surface area contributed by atoms with Gasteiger partial charge in [0.15, 0.2) is 0 Å². The summed E-state index contributed by atoms with van der Waals surface area (Å²) in [5.41, 5.74) is 4.43. The van der Waals surface area contributed by atoms with Crippen LogP contribution in [0.5, 0.6) is 11.5 Å². The van der Waals surface area contributed by atoms with E-state index in [9.17, 15) is 4.79 Å². The molecule has 30 heavy (non-hydrogen) atoms. The number of nitrogens with zero attached hydrogens (tertiary/aromatic N) is 2. The molecule has 1 aromatic heterocycles. The van der Waals surface area contributed by atoms with E-state index in [4.69, 9.17) is 9.47 Å². The third-order valence-electron chi connectivity index (χ3n) is 6.32. The summed E-state index contributed by atoms with van der Waals surface area (Å²) in [6, 6.07) is 15.9. The van der Waals surface area contributed by atoms with Crippen LogP contribution in [0, 0.1) is 0 Å². The lowest BCUT2D eigenvalue weighted by molar-refractivity contribution is 0.0660. The highest BCUT2D eigenvalue weighted by atomic mass is 16.5. The standard InChI is InChI=1S/C24H25N3O3/c1-29-18-11-7-15(8-12-18)21-20-22(26-25-21)24(28)27(17-5-3-4-6-17)23(20)16-9-13-19(30-2)14-10-16/h7-14,17,23H,3-6H2,1-2H3,(H,25,26). The predicted octanol–water partition coefficient (Wildman–Crippen LogP) is 4.58. The molecule has 6 nitrogen and oxygen atoms in total. The van der Waals surface area contributed by atoms with Gasteiger partial charge >= 0.3 is 0 Å². The van der Waals surface area contributed by atoms with Crippen molar-refractivity contribution in [3.63, 3.8) is 0 Å². The van der Waals surface area contributed by atoms with Crippen LogP contribution in [0.4, 0.5) is 0 Å². The zero-order valence-corrected chi connectivity index (χ0v) is 17.2. The summed E-state index contributed by atoms with van der Waals surface area (Å²) < 4.78 is 10.6. The van der Waals surface area contributed by atoms with E-state index in [-0.39, 0.29) is 18.0 Å². The van der Waals surface area contributed by atoms with Gasteiger partial charge in [0.2, 0.25) is 0 Å². The summed E-state index contributed by atoms with van der Waals surface area (Å²) in [6.45, 7) is 0. The molecule has 2 aliphatic rings. The fourth-order valence-corrected chi connectivity index (χ4v) is 4.81. The van der Waals surface area contributed by atoms with Gasteiger partial charge < -0.3 is 14.4 Å². The number of H-pyrrole nitrogens is 1. The van der Waals surface area contributed by atoms with Crippen LogP contribution in [0.3, 0.4) is 0 Å². The number of fused-ring (bicyclic) bond motifs is 1. The van der Waals surface area contributed by atoms with E-state index in [1.54, 1.807) is 14.2 Å². The Morgan fingerprint density at radius 1 is 0.933 bits per heavy atom. The van der Waals surface area contributed by atoms with E-state index in [1.807, 2.05) is 36.4 Å². The molecule has 2 aromatic carbocycles. The number of carbonyl (C=O) groups excluding carboxylic acids is 1. The normalized spacial score (nSPS) is 18.7. The summed E-state index contributed by atoms with van der Waals surface area (Å²) in [4.78, 5) is 15.5. The van der Waals surface area contributed by atoms with Crippen LogP contribution in [0.15, 0.2) is 48.5 Å². The van der Waals surface area contributed by atoms with Crippen LogP contribution in [0.25, 0.3) is 11.3 Å². The van der Waals surface area contributed by atoms with Crippen molar-refractivity contribution < 1.29 is 14.3 Å². The minimum Gasteiger partial charge on any atom is -0.497 e. The number of aromatic nitrogens is 2. The van der Waals surface area contributed by atoms with Gasteiger partial charge in [-0.05, 0) is 54.8 Å². The van der Waals surface area contributed by atoms with Crippen molar-refractivity contribution >= 4 is 5.91 Å². The molecule has 1 aliphatic carbocycles. The van der Waals surface area contributed by atoms with Crippen molar-refractivity contribution in [3.05, 3.63) is 65.4 Å². The molecule has 154 valence electrons. The van der Waals surface area contributed by atoms with E-state index in [0.717, 1.165) is 46.7 Å². The molecule has 0 saturated heterocycles. The third kappa shape index (κ3) is 2.95. The van der Waals surface area contributed by atoms with Gasteiger partial charge in [-0.15, -0.1) is 0 Å². The van der Waals surface area contributed by atoms with Crippen LogP contribution in [0.2, 0.25) is 0 Å². The second kappa shape index (κ2) is 7.52. The van der Waals surface area contributed by atoms with E-state index >= 15 is 0 Å². The fourth-order valence-electron chi connectivity index (χ4n) is 4.81. The van der Waals surface area contributed by atoms with Crippen LogP contribution in [0.1, 0.15) is 53.3 Å². The van der Waals surface area contributed by atoms with Gasteiger partial charge in [-0.3, -0.25) is 9.89 Å². The lowest BCUT2D eigenvalue weighted by Gasteiger charge is -2.32. The van der Waals surface area contributed by atoms with Crippen LogP contribution in [-0.2, 0) is 0 Å². The van der Waals surface area contributed by atoms with Gasteiger partial charge in [0.1, 0.15) is 17.2 Å². The minimum absolute atomic E-state index is 0.0463. The van der Waals surface area contributed by atoms with Crippen molar-refractivity contribution in [3.8, 4) is 22.8 Å². The topological polar surface area (TPSA) is 67.5 Å². The first kappa shape index (κ1) is 18.7. The van der Waals surface area contributed by atoms with E-state index in [1.165, 1.54) is 12.8 Å². The number of benzene rings is 2. The highest BCUT2D eigenvalue weighted by Crippen LogP contribution is 2.46. The fraction of sp³-hybridized carbons (Fsp3) is 0.333. The Morgan fingerprint density at radius 3 is 2.13 bits per heavy atom. The van der Waals surface area contributed by atoms with Crippen molar-refractivity contribution in [2.24, 2.45) is 0 Å². The number of hydrogen-bond acceptors (Lipinski definition) is 4. The molecule has 1 unspecified atom stereocenters. The molecule has 5 rings (SSSR count). The zero-order chi connectivity index (χ0) is 20.7. The van der Waals surface area contributed by atoms with Crippen molar-refractivity contribution in [1.29, 1.82) is 0 Å². The first-order chi connectivity index (χ1) is 14.7. The van der Waals surface area contributed by atoms with Crippen LogP contribution >= 0.6 is 0 Å². The number of ether oxygens (including phenoxy) is 2. The highest BCUT2D eigenvalue weighted by molar-refractivity contribution is 6.00. The Balaban J connectivity index is 1.63. The number of nitrogens with one attached hydrogen (secondary N) is 1. The maximum absolute atomic E-state index is 13.4. The number of methoxy groups -OCH3 is 2. The highest BCUT2D eigenvalue weighted by Gasteiger charge is 2.45. The number of rotatable bonds is 5. The molecule has 1 atom stereocenters. The molecule has 1 aliphatic heterocycles. The average molecular weight is 403 g/mol. The van der Waals surface area contributed by atoms with Crippen molar-refractivity contribution in [1.82, 2.24) is 15.1 Å². The van der Waals surface area contributed by atoms with E-state index < -0.39 is 0 Å². The van der Waals surface area contributed by atoms with Crippen molar-refractivity contribution in [2.75, 3.05) is 14.2 Å². The number of hydrogen-bond donors (Lipinski definition) is 1. The lowest BCUT2D eigenvalue weighted by atomic mass is 9.95. The SMILES string of the molecule is COc1ccc(-c2n[nH]c3c2C(c2ccc(OC)cc2)N(C2CCCC2)C3=O)cc1. The minimum atomic E-state index is -0.155. The molecule has 3 aromatic rings. The summed E-state index contributed by atoms with van der Waals surface area (Å²) in [5, 5.41) is 7.59. The van der Waals surface area contributed by atoms with Gasteiger partial charge in [-0.25, -0.2) is 0 Å². The third-order valence-corrected chi connectivity index (χ3v) is 6.32. The second-order valence-corrected chi connectivity index (χ2v) is 7.92. The molecular weight excluding hydrogens is 378 g/mol. The molecule has 0 bridgehead atoms. The Morgan fingerprint density at radius 2 is 1.53 bits per heavy atom. The largest absolute Gasteiger partial charge is 0.497 e. The maximum Gasteiger partial charge on any atom is 0.273 e. The molecule has 0 spiro atoms. The first-order valence-electron chi connectivity index (χ1n) is 10.4. The molecule has 1 N–H and O–H groups in total. The first-order valence-corrected chi connectivity index (χ1v) is 10.4.